The van der Waals surface area contributed by atoms with E-state index in [1.807, 2.05) is 0 Å². The second-order valence-corrected chi connectivity index (χ2v) is 8.90. The smallest absolute Gasteiger partial charge is 0.249 e. The van der Waals surface area contributed by atoms with Gasteiger partial charge in [0, 0.05) is 18.5 Å². The number of sulfonamides is 1. The number of halogens is 1. The van der Waals surface area contributed by atoms with Crippen molar-refractivity contribution in [2.75, 3.05) is 26.8 Å². The van der Waals surface area contributed by atoms with E-state index in [0.717, 1.165) is 12.1 Å². The van der Waals surface area contributed by atoms with E-state index in [9.17, 15) is 17.6 Å². The van der Waals surface area contributed by atoms with E-state index in [-0.39, 0.29) is 35.9 Å². The van der Waals surface area contributed by atoms with Crippen LogP contribution in [0.1, 0.15) is 22.2 Å². The van der Waals surface area contributed by atoms with Gasteiger partial charge in [0.1, 0.15) is 22.6 Å². The molecule has 3 aromatic rings. The quantitative estimate of drug-likeness (QED) is 0.645. The van der Waals surface area contributed by atoms with Crippen LogP contribution in [-0.2, 0) is 14.8 Å². The molecule has 1 atom stereocenters. The minimum absolute atomic E-state index is 0.0456. The van der Waals surface area contributed by atoms with Gasteiger partial charge < -0.3 is 15.2 Å². The molecule has 1 amide bonds. The van der Waals surface area contributed by atoms with Gasteiger partial charge in [0.2, 0.25) is 15.9 Å². The molecule has 0 radical (unpaired) electrons. The molecule has 2 aromatic carbocycles. The Morgan fingerprint density at radius 2 is 2.03 bits per heavy atom. The molecule has 2 heterocycles. The van der Waals surface area contributed by atoms with Gasteiger partial charge in [-0.05, 0) is 30.3 Å². The van der Waals surface area contributed by atoms with Crippen LogP contribution in [0.25, 0.3) is 10.9 Å². The van der Waals surface area contributed by atoms with E-state index in [2.05, 4.69) is 4.98 Å². The maximum Gasteiger partial charge on any atom is 0.249 e. The number of fused-ring (bicyclic) bond motifs is 1. The number of carbonyl (C=O) groups is 1. The molecule has 1 aliphatic rings. The lowest BCUT2D eigenvalue weighted by Crippen LogP contribution is -2.42. The minimum Gasteiger partial charge on any atom is -0.495 e. The van der Waals surface area contributed by atoms with Gasteiger partial charge >= 0.3 is 0 Å². The Bertz CT molecular complexity index is 1270. The molecule has 4 rings (SSSR count). The lowest BCUT2D eigenvalue weighted by atomic mass is 10.0. The highest BCUT2D eigenvalue weighted by Crippen LogP contribution is 2.32. The third-order valence-corrected chi connectivity index (χ3v) is 6.99. The first-order chi connectivity index (χ1) is 14.8. The summed E-state index contributed by atoms with van der Waals surface area (Å²) in [5.74, 6) is -1.26. The summed E-state index contributed by atoms with van der Waals surface area (Å²) in [5, 5.41) is 0.600. The molecule has 31 heavy (non-hydrogen) atoms. The highest BCUT2D eigenvalue weighted by atomic mass is 32.2. The van der Waals surface area contributed by atoms with E-state index < -0.39 is 27.9 Å². The summed E-state index contributed by atoms with van der Waals surface area (Å²) in [7, 11) is -2.75. The molecular formula is C21H20FN3O5S. The Morgan fingerprint density at radius 3 is 2.77 bits per heavy atom. The van der Waals surface area contributed by atoms with Crippen LogP contribution < -0.4 is 10.5 Å². The Labute approximate surface area is 178 Å². The van der Waals surface area contributed by atoms with Crippen molar-refractivity contribution in [3.05, 3.63) is 65.6 Å². The molecule has 1 saturated heterocycles. The van der Waals surface area contributed by atoms with Crippen LogP contribution in [0.4, 0.5) is 4.39 Å². The number of benzene rings is 2. The zero-order valence-corrected chi connectivity index (χ0v) is 17.4. The number of hydrogen-bond donors (Lipinski definition) is 1. The zero-order valence-electron chi connectivity index (χ0n) is 16.6. The Hall–Kier alpha value is -3.08. The number of carbonyl (C=O) groups excluding carboxylic acids is 1. The molecule has 10 heteroatoms. The summed E-state index contributed by atoms with van der Waals surface area (Å²) < 4.78 is 52.3. The monoisotopic (exact) mass is 445 g/mol. The predicted octanol–water partition coefficient (Wildman–Crippen LogP) is 2.24. The van der Waals surface area contributed by atoms with Gasteiger partial charge in [0.05, 0.1) is 30.5 Å². The first kappa shape index (κ1) is 21.2. The van der Waals surface area contributed by atoms with Crippen molar-refractivity contribution in [1.82, 2.24) is 9.29 Å². The van der Waals surface area contributed by atoms with E-state index in [1.54, 1.807) is 24.3 Å². The fourth-order valence-electron chi connectivity index (χ4n) is 3.58. The summed E-state index contributed by atoms with van der Waals surface area (Å²) >= 11 is 0. The zero-order chi connectivity index (χ0) is 22.2. The van der Waals surface area contributed by atoms with Gasteiger partial charge in [-0.25, -0.2) is 17.8 Å². The molecule has 1 fully saturated rings. The number of hydrogen-bond acceptors (Lipinski definition) is 6. The number of amides is 1. The van der Waals surface area contributed by atoms with Crippen molar-refractivity contribution in [3.63, 3.8) is 0 Å². The predicted molar refractivity (Wildman–Crippen MR) is 111 cm³/mol. The number of nitrogens with zero attached hydrogens (tertiary/aromatic N) is 2. The molecule has 2 N–H and O–H groups in total. The molecule has 1 aliphatic heterocycles. The Morgan fingerprint density at radius 1 is 1.26 bits per heavy atom. The summed E-state index contributed by atoms with van der Waals surface area (Å²) in [4.78, 5) is 16.2. The average molecular weight is 445 g/mol. The minimum atomic E-state index is -4.07. The second kappa shape index (κ2) is 8.22. The third kappa shape index (κ3) is 3.97. The molecule has 0 aliphatic carbocycles. The SMILES string of the molecule is COc1ccc(F)cc1S(=O)(=O)N1CCOC(c2cc(C(N)=O)c3ccccc3n2)C1. The van der Waals surface area contributed by atoms with Crippen molar-refractivity contribution >= 4 is 26.8 Å². The number of morpholine rings is 1. The molecule has 162 valence electrons. The van der Waals surface area contributed by atoms with Crippen LogP contribution in [0.5, 0.6) is 5.75 Å². The van der Waals surface area contributed by atoms with Gasteiger partial charge in [0.25, 0.3) is 0 Å². The number of para-hydroxylation sites is 1. The van der Waals surface area contributed by atoms with E-state index in [0.29, 0.717) is 16.6 Å². The maximum absolute atomic E-state index is 13.8. The Balaban J connectivity index is 1.71. The average Bonchev–Trinajstić information content (AvgIpc) is 2.78. The van der Waals surface area contributed by atoms with Crippen LogP contribution in [0.3, 0.4) is 0 Å². The summed E-state index contributed by atoms with van der Waals surface area (Å²) in [5.41, 5.74) is 6.74. The first-order valence-electron chi connectivity index (χ1n) is 9.46. The molecule has 1 unspecified atom stereocenters. The van der Waals surface area contributed by atoms with Crippen LogP contribution in [0.15, 0.2) is 53.4 Å². The number of primary amides is 1. The molecule has 0 spiro atoms. The maximum atomic E-state index is 13.8. The van der Waals surface area contributed by atoms with Gasteiger partial charge in [0.15, 0.2) is 0 Å². The van der Waals surface area contributed by atoms with E-state index in [1.165, 1.54) is 23.5 Å². The number of methoxy groups -OCH3 is 1. The lowest BCUT2D eigenvalue weighted by molar-refractivity contribution is -0.00483. The normalized spacial score (nSPS) is 17.5. The van der Waals surface area contributed by atoms with Crippen LogP contribution in [0.2, 0.25) is 0 Å². The Kier molecular flexibility index (Phi) is 5.61. The second-order valence-electron chi connectivity index (χ2n) is 6.99. The van der Waals surface area contributed by atoms with E-state index >= 15 is 0 Å². The topological polar surface area (TPSA) is 112 Å². The van der Waals surface area contributed by atoms with Crippen molar-refractivity contribution < 1.29 is 27.1 Å². The van der Waals surface area contributed by atoms with E-state index in [4.69, 9.17) is 15.2 Å². The molecule has 0 saturated carbocycles. The van der Waals surface area contributed by atoms with Crippen LogP contribution >= 0.6 is 0 Å². The van der Waals surface area contributed by atoms with Gasteiger partial charge in [-0.15, -0.1) is 0 Å². The standard InChI is InChI=1S/C21H20FN3O5S/c1-29-18-7-6-13(22)10-20(18)31(27,28)25-8-9-30-19(12-25)17-11-15(21(23)26)14-4-2-3-5-16(14)24-17/h2-7,10-11,19H,8-9,12H2,1H3,(H2,23,26). The third-order valence-electron chi connectivity index (χ3n) is 5.10. The van der Waals surface area contributed by atoms with Gasteiger partial charge in [-0.2, -0.15) is 4.31 Å². The molecule has 0 bridgehead atoms. The number of nitrogens with two attached hydrogens (primary N) is 1. The molecular weight excluding hydrogens is 425 g/mol. The molecule has 8 nitrogen and oxygen atoms in total. The highest BCUT2D eigenvalue weighted by molar-refractivity contribution is 7.89. The summed E-state index contributed by atoms with van der Waals surface area (Å²) in [6.07, 6.45) is -0.731. The van der Waals surface area contributed by atoms with Gasteiger partial charge in [-0.3, -0.25) is 4.79 Å². The van der Waals surface area contributed by atoms with Crippen molar-refractivity contribution in [3.8, 4) is 5.75 Å². The number of pyridine rings is 1. The summed E-state index contributed by atoms with van der Waals surface area (Å²) in [6.45, 7) is 0.113. The summed E-state index contributed by atoms with van der Waals surface area (Å²) in [6, 6.07) is 11.9. The first-order valence-corrected chi connectivity index (χ1v) is 10.9. The molecule has 1 aromatic heterocycles. The number of aromatic nitrogens is 1. The fourth-order valence-corrected chi connectivity index (χ4v) is 5.17. The number of ether oxygens (including phenoxy) is 2. The van der Waals surface area contributed by atoms with Crippen molar-refractivity contribution in [2.24, 2.45) is 5.73 Å². The largest absolute Gasteiger partial charge is 0.495 e. The number of rotatable bonds is 5. The van der Waals surface area contributed by atoms with Crippen molar-refractivity contribution in [1.29, 1.82) is 0 Å². The van der Waals surface area contributed by atoms with Gasteiger partial charge in [-0.1, -0.05) is 18.2 Å². The van der Waals surface area contributed by atoms with Crippen molar-refractivity contribution in [2.45, 2.75) is 11.0 Å². The highest BCUT2D eigenvalue weighted by Gasteiger charge is 2.34. The van der Waals surface area contributed by atoms with Crippen LogP contribution in [0, 0.1) is 5.82 Å². The van der Waals surface area contributed by atoms with Crippen LogP contribution in [-0.4, -0.2) is 50.4 Å². The fraction of sp³-hybridized carbons (Fsp3) is 0.238. The lowest BCUT2D eigenvalue weighted by Gasteiger charge is -2.32.